The van der Waals surface area contributed by atoms with E-state index in [9.17, 15) is 5.11 Å². The zero-order valence-electron chi connectivity index (χ0n) is 9.51. The first-order chi connectivity index (χ1) is 8.69. The summed E-state index contributed by atoms with van der Waals surface area (Å²) in [6.45, 7) is 0. The van der Waals surface area contributed by atoms with E-state index in [2.05, 4.69) is 5.92 Å². The Kier molecular flexibility index (Phi) is 3.88. The molecule has 2 aromatic carbocycles. The molecule has 0 bridgehead atoms. The Labute approximate surface area is 111 Å². The van der Waals surface area contributed by atoms with Gasteiger partial charge in [-0.05, 0) is 42.0 Å². The molecule has 0 radical (unpaired) electrons. The summed E-state index contributed by atoms with van der Waals surface area (Å²) >= 11 is 5.78. The van der Waals surface area contributed by atoms with Crippen molar-refractivity contribution in [1.82, 2.24) is 0 Å². The SMILES string of the molecule is C#CC(O)c1ccc(Oc2ccc(Cl)cc2)cc1. The number of hydrogen-bond acceptors (Lipinski definition) is 2. The van der Waals surface area contributed by atoms with E-state index in [1.807, 2.05) is 0 Å². The monoisotopic (exact) mass is 258 g/mol. The van der Waals surface area contributed by atoms with Gasteiger partial charge in [-0.3, -0.25) is 0 Å². The van der Waals surface area contributed by atoms with Crippen molar-refractivity contribution in [2.24, 2.45) is 0 Å². The summed E-state index contributed by atoms with van der Waals surface area (Å²) in [5.74, 6) is 3.63. The van der Waals surface area contributed by atoms with Crippen LogP contribution >= 0.6 is 11.6 Å². The van der Waals surface area contributed by atoms with Gasteiger partial charge in [0.1, 0.15) is 17.6 Å². The molecule has 0 aliphatic carbocycles. The highest BCUT2D eigenvalue weighted by Gasteiger charge is 2.03. The molecule has 2 aromatic rings. The Hall–Kier alpha value is -1.95. The average Bonchev–Trinajstić information content (AvgIpc) is 2.41. The van der Waals surface area contributed by atoms with Crippen molar-refractivity contribution in [1.29, 1.82) is 0 Å². The molecule has 0 heterocycles. The van der Waals surface area contributed by atoms with Crippen molar-refractivity contribution in [2.45, 2.75) is 6.10 Å². The average molecular weight is 259 g/mol. The molecule has 0 saturated carbocycles. The van der Waals surface area contributed by atoms with Crippen molar-refractivity contribution in [3.8, 4) is 23.8 Å². The molecule has 3 heteroatoms. The molecule has 1 atom stereocenters. The van der Waals surface area contributed by atoms with Crippen molar-refractivity contribution in [3.63, 3.8) is 0 Å². The molecule has 0 aliphatic rings. The summed E-state index contributed by atoms with van der Waals surface area (Å²) in [6.07, 6.45) is 4.26. The number of aliphatic hydroxyl groups is 1. The minimum Gasteiger partial charge on any atom is -0.457 e. The zero-order chi connectivity index (χ0) is 13.0. The fraction of sp³-hybridized carbons (Fsp3) is 0.0667. The Balaban J connectivity index is 2.11. The van der Waals surface area contributed by atoms with Crippen molar-refractivity contribution >= 4 is 11.6 Å². The van der Waals surface area contributed by atoms with Crippen molar-refractivity contribution < 1.29 is 9.84 Å². The molecule has 0 saturated heterocycles. The van der Waals surface area contributed by atoms with Gasteiger partial charge in [0.15, 0.2) is 0 Å². The molecule has 0 amide bonds. The van der Waals surface area contributed by atoms with Gasteiger partial charge in [0.2, 0.25) is 0 Å². The maximum absolute atomic E-state index is 9.45. The highest BCUT2D eigenvalue weighted by atomic mass is 35.5. The summed E-state index contributed by atoms with van der Waals surface area (Å²) in [6, 6.07) is 14.1. The normalized spacial score (nSPS) is 11.6. The number of terminal acetylenes is 1. The lowest BCUT2D eigenvalue weighted by Gasteiger charge is -2.07. The van der Waals surface area contributed by atoms with Gasteiger partial charge in [0, 0.05) is 5.02 Å². The van der Waals surface area contributed by atoms with Crippen LogP contribution in [0, 0.1) is 12.3 Å². The second-order valence-corrected chi connectivity index (χ2v) is 4.13. The largest absolute Gasteiger partial charge is 0.457 e. The van der Waals surface area contributed by atoms with E-state index in [0.29, 0.717) is 22.1 Å². The van der Waals surface area contributed by atoms with Crippen LogP contribution in [-0.2, 0) is 0 Å². The van der Waals surface area contributed by atoms with E-state index in [1.54, 1.807) is 48.5 Å². The summed E-state index contributed by atoms with van der Waals surface area (Å²) < 4.78 is 5.61. The number of benzene rings is 2. The molecule has 90 valence electrons. The van der Waals surface area contributed by atoms with Gasteiger partial charge in [0.05, 0.1) is 0 Å². The lowest BCUT2D eigenvalue weighted by molar-refractivity contribution is 0.238. The first-order valence-electron chi connectivity index (χ1n) is 5.36. The third-order valence-electron chi connectivity index (χ3n) is 2.40. The summed E-state index contributed by atoms with van der Waals surface area (Å²) in [7, 11) is 0. The summed E-state index contributed by atoms with van der Waals surface area (Å²) in [5.41, 5.74) is 0.668. The Morgan fingerprint density at radius 3 is 2.00 bits per heavy atom. The van der Waals surface area contributed by atoms with E-state index in [-0.39, 0.29) is 0 Å². The third-order valence-corrected chi connectivity index (χ3v) is 2.66. The van der Waals surface area contributed by atoms with Gasteiger partial charge in [0.25, 0.3) is 0 Å². The number of ether oxygens (including phenoxy) is 1. The molecule has 2 rings (SSSR count). The van der Waals surface area contributed by atoms with E-state index < -0.39 is 6.10 Å². The van der Waals surface area contributed by atoms with E-state index in [4.69, 9.17) is 22.8 Å². The molecule has 0 spiro atoms. The topological polar surface area (TPSA) is 29.5 Å². The number of aliphatic hydroxyl groups excluding tert-OH is 1. The third kappa shape index (κ3) is 3.04. The Bertz CT molecular complexity index is 553. The minimum absolute atomic E-state index is 0.662. The predicted octanol–water partition coefficient (Wildman–Crippen LogP) is 3.80. The van der Waals surface area contributed by atoms with Crippen LogP contribution in [0.4, 0.5) is 0 Å². The molecule has 0 aromatic heterocycles. The fourth-order valence-electron chi connectivity index (χ4n) is 1.45. The molecule has 0 aliphatic heterocycles. The van der Waals surface area contributed by atoms with Gasteiger partial charge >= 0.3 is 0 Å². The molecular weight excluding hydrogens is 248 g/mol. The van der Waals surface area contributed by atoms with Crippen LogP contribution in [0.1, 0.15) is 11.7 Å². The summed E-state index contributed by atoms with van der Waals surface area (Å²) in [4.78, 5) is 0. The van der Waals surface area contributed by atoms with Crippen LogP contribution < -0.4 is 4.74 Å². The zero-order valence-corrected chi connectivity index (χ0v) is 10.3. The van der Waals surface area contributed by atoms with Gasteiger partial charge < -0.3 is 9.84 Å². The van der Waals surface area contributed by atoms with Gasteiger partial charge in [-0.2, -0.15) is 0 Å². The maximum atomic E-state index is 9.45. The van der Waals surface area contributed by atoms with Crippen LogP contribution in [0.25, 0.3) is 0 Å². The Morgan fingerprint density at radius 1 is 1.00 bits per heavy atom. The molecule has 18 heavy (non-hydrogen) atoms. The number of halogens is 1. The lowest BCUT2D eigenvalue weighted by atomic mass is 10.1. The van der Waals surface area contributed by atoms with E-state index in [0.717, 1.165) is 0 Å². The first-order valence-corrected chi connectivity index (χ1v) is 5.74. The standard InChI is InChI=1S/C15H11ClO2/c1-2-15(17)11-3-7-13(8-4-11)18-14-9-5-12(16)6-10-14/h1,3-10,15,17H. The quantitative estimate of drug-likeness (QED) is 0.849. The smallest absolute Gasteiger partial charge is 0.139 e. The second-order valence-electron chi connectivity index (χ2n) is 3.69. The van der Waals surface area contributed by atoms with Crippen molar-refractivity contribution in [3.05, 3.63) is 59.1 Å². The second kappa shape index (κ2) is 5.59. The molecule has 1 N–H and O–H groups in total. The molecule has 1 unspecified atom stereocenters. The van der Waals surface area contributed by atoms with Gasteiger partial charge in [-0.1, -0.05) is 29.7 Å². The lowest BCUT2D eigenvalue weighted by Crippen LogP contribution is -1.92. The summed E-state index contributed by atoms with van der Waals surface area (Å²) in [5, 5.41) is 10.1. The van der Waals surface area contributed by atoms with Crippen LogP contribution in [0.5, 0.6) is 11.5 Å². The fourth-order valence-corrected chi connectivity index (χ4v) is 1.58. The highest BCUT2D eigenvalue weighted by molar-refractivity contribution is 6.30. The molecular formula is C15H11ClO2. The van der Waals surface area contributed by atoms with E-state index >= 15 is 0 Å². The number of hydrogen-bond donors (Lipinski definition) is 1. The minimum atomic E-state index is -0.880. The van der Waals surface area contributed by atoms with Crippen molar-refractivity contribution in [2.75, 3.05) is 0 Å². The van der Waals surface area contributed by atoms with Gasteiger partial charge in [-0.25, -0.2) is 0 Å². The molecule has 2 nitrogen and oxygen atoms in total. The Morgan fingerprint density at radius 2 is 1.50 bits per heavy atom. The number of rotatable bonds is 3. The first kappa shape index (κ1) is 12.5. The maximum Gasteiger partial charge on any atom is 0.139 e. The van der Waals surface area contributed by atoms with Crippen LogP contribution in [0.3, 0.4) is 0 Å². The van der Waals surface area contributed by atoms with E-state index in [1.165, 1.54) is 0 Å². The van der Waals surface area contributed by atoms with Crippen LogP contribution in [0.2, 0.25) is 5.02 Å². The predicted molar refractivity (Wildman–Crippen MR) is 71.8 cm³/mol. The molecule has 0 fully saturated rings. The van der Waals surface area contributed by atoms with Crippen LogP contribution in [0.15, 0.2) is 48.5 Å². The van der Waals surface area contributed by atoms with Gasteiger partial charge in [-0.15, -0.1) is 6.42 Å². The van der Waals surface area contributed by atoms with Crippen LogP contribution in [-0.4, -0.2) is 5.11 Å². The highest BCUT2D eigenvalue weighted by Crippen LogP contribution is 2.24.